The summed E-state index contributed by atoms with van der Waals surface area (Å²) in [5.74, 6) is 0.522. The Bertz CT molecular complexity index is 299. The topological polar surface area (TPSA) is 33.1 Å². The smallest absolute Gasteiger partial charge is 0.0624 e. The molecule has 0 radical (unpaired) electrons. The number of hydrogen-bond donors (Lipinski definition) is 1. The zero-order valence-corrected chi connectivity index (χ0v) is 8.87. The number of aliphatic hydroxyl groups is 1. The molecular formula is C10H12BrNO. The van der Waals surface area contributed by atoms with Crippen molar-refractivity contribution < 1.29 is 5.11 Å². The first-order valence-corrected chi connectivity index (χ1v) is 5.34. The van der Waals surface area contributed by atoms with Crippen LogP contribution in [0.15, 0.2) is 22.8 Å². The molecule has 0 amide bonds. The van der Waals surface area contributed by atoms with Crippen LogP contribution in [0.4, 0.5) is 0 Å². The Morgan fingerprint density at radius 3 is 3.00 bits per heavy atom. The molecule has 0 bridgehead atoms. The van der Waals surface area contributed by atoms with E-state index < -0.39 is 0 Å². The molecule has 2 rings (SSSR count). The van der Waals surface area contributed by atoms with Gasteiger partial charge in [-0.15, -0.1) is 0 Å². The molecule has 70 valence electrons. The fourth-order valence-corrected chi connectivity index (χ4v) is 1.83. The lowest BCUT2D eigenvalue weighted by Crippen LogP contribution is -2.13. The number of rotatable bonds is 3. The molecule has 3 heteroatoms. The van der Waals surface area contributed by atoms with Crippen molar-refractivity contribution in [2.45, 2.75) is 25.4 Å². The van der Waals surface area contributed by atoms with Gasteiger partial charge in [0.15, 0.2) is 0 Å². The largest absolute Gasteiger partial charge is 0.392 e. The molecule has 1 fully saturated rings. The molecule has 0 saturated heterocycles. The van der Waals surface area contributed by atoms with E-state index >= 15 is 0 Å². The summed E-state index contributed by atoms with van der Waals surface area (Å²) < 4.78 is 0.995. The molecule has 1 atom stereocenters. The third kappa shape index (κ3) is 2.29. The maximum Gasteiger partial charge on any atom is 0.0624 e. The highest BCUT2D eigenvalue weighted by atomic mass is 79.9. The van der Waals surface area contributed by atoms with Gasteiger partial charge in [0.2, 0.25) is 0 Å². The van der Waals surface area contributed by atoms with Gasteiger partial charge in [-0.2, -0.15) is 0 Å². The zero-order chi connectivity index (χ0) is 9.26. The van der Waals surface area contributed by atoms with Gasteiger partial charge in [0.1, 0.15) is 0 Å². The molecule has 13 heavy (non-hydrogen) atoms. The fourth-order valence-electron chi connectivity index (χ4n) is 1.41. The zero-order valence-electron chi connectivity index (χ0n) is 7.28. The summed E-state index contributed by atoms with van der Waals surface area (Å²) in [6.45, 7) is 0. The predicted octanol–water partition coefficient (Wildman–Crippen LogP) is 2.16. The van der Waals surface area contributed by atoms with Crippen molar-refractivity contribution in [1.82, 2.24) is 4.98 Å². The van der Waals surface area contributed by atoms with Gasteiger partial charge in [-0.05, 0) is 46.8 Å². The van der Waals surface area contributed by atoms with E-state index in [0.717, 1.165) is 10.2 Å². The van der Waals surface area contributed by atoms with Crippen molar-refractivity contribution in [2.24, 2.45) is 5.92 Å². The molecule has 0 aliphatic heterocycles. The summed E-state index contributed by atoms with van der Waals surface area (Å²) in [6.07, 6.45) is 4.58. The van der Waals surface area contributed by atoms with Crippen molar-refractivity contribution in [3.05, 3.63) is 28.5 Å². The van der Waals surface area contributed by atoms with Crippen LogP contribution in [0.3, 0.4) is 0 Å². The van der Waals surface area contributed by atoms with E-state index in [1.54, 1.807) is 6.20 Å². The van der Waals surface area contributed by atoms with Crippen LogP contribution in [-0.2, 0) is 6.42 Å². The van der Waals surface area contributed by atoms with Gasteiger partial charge in [-0.3, -0.25) is 4.98 Å². The lowest BCUT2D eigenvalue weighted by molar-refractivity contribution is 0.150. The SMILES string of the molecule is OC(Cc1ncccc1Br)C1CC1. The average Bonchev–Trinajstić information content (AvgIpc) is 2.91. The Hall–Kier alpha value is -0.410. The van der Waals surface area contributed by atoms with E-state index in [1.807, 2.05) is 12.1 Å². The number of nitrogens with zero attached hydrogens (tertiary/aromatic N) is 1. The highest BCUT2D eigenvalue weighted by Crippen LogP contribution is 2.34. The first kappa shape index (κ1) is 9.16. The molecule has 2 nitrogen and oxygen atoms in total. The molecule has 1 saturated carbocycles. The summed E-state index contributed by atoms with van der Waals surface area (Å²) in [6, 6.07) is 3.85. The van der Waals surface area contributed by atoms with Crippen molar-refractivity contribution in [2.75, 3.05) is 0 Å². The van der Waals surface area contributed by atoms with Crippen LogP contribution >= 0.6 is 15.9 Å². The molecule has 0 spiro atoms. The number of aliphatic hydroxyl groups excluding tert-OH is 1. The minimum atomic E-state index is -0.203. The standard InChI is InChI=1S/C10H12BrNO/c11-8-2-1-5-12-9(8)6-10(13)7-3-4-7/h1-2,5,7,10,13H,3-4,6H2. The van der Waals surface area contributed by atoms with E-state index in [9.17, 15) is 5.11 Å². The molecule has 1 aromatic heterocycles. The van der Waals surface area contributed by atoms with Gasteiger partial charge in [0, 0.05) is 17.1 Å². The third-order valence-corrected chi connectivity index (χ3v) is 3.13. The fraction of sp³-hybridized carbons (Fsp3) is 0.500. The minimum absolute atomic E-state index is 0.203. The maximum absolute atomic E-state index is 9.71. The highest BCUT2D eigenvalue weighted by molar-refractivity contribution is 9.10. The molecular weight excluding hydrogens is 230 g/mol. The van der Waals surface area contributed by atoms with Crippen LogP contribution in [0.1, 0.15) is 18.5 Å². The van der Waals surface area contributed by atoms with Gasteiger partial charge in [-0.1, -0.05) is 0 Å². The molecule has 1 aliphatic carbocycles. The summed E-state index contributed by atoms with van der Waals surface area (Å²) in [4.78, 5) is 4.22. The van der Waals surface area contributed by atoms with Gasteiger partial charge >= 0.3 is 0 Å². The summed E-state index contributed by atoms with van der Waals surface area (Å²) in [5.41, 5.74) is 0.960. The van der Waals surface area contributed by atoms with Crippen LogP contribution in [0.5, 0.6) is 0 Å². The summed E-state index contributed by atoms with van der Waals surface area (Å²) >= 11 is 3.42. The van der Waals surface area contributed by atoms with Crippen LogP contribution in [0.25, 0.3) is 0 Å². The monoisotopic (exact) mass is 241 g/mol. The lowest BCUT2D eigenvalue weighted by Gasteiger charge is -2.08. The van der Waals surface area contributed by atoms with Crippen LogP contribution in [-0.4, -0.2) is 16.2 Å². The first-order valence-electron chi connectivity index (χ1n) is 4.55. The van der Waals surface area contributed by atoms with Gasteiger partial charge < -0.3 is 5.11 Å². The van der Waals surface area contributed by atoms with Crippen LogP contribution < -0.4 is 0 Å². The van der Waals surface area contributed by atoms with E-state index in [1.165, 1.54) is 12.8 Å². The van der Waals surface area contributed by atoms with Crippen molar-refractivity contribution in [3.8, 4) is 0 Å². The number of hydrogen-bond acceptors (Lipinski definition) is 2. The Morgan fingerprint density at radius 1 is 1.62 bits per heavy atom. The summed E-state index contributed by atoms with van der Waals surface area (Å²) in [5, 5.41) is 9.71. The van der Waals surface area contributed by atoms with Crippen LogP contribution in [0.2, 0.25) is 0 Å². The van der Waals surface area contributed by atoms with Gasteiger partial charge in [0.05, 0.1) is 11.8 Å². The lowest BCUT2D eigenvalue weighted by atomic mass is 10.1. The second-order valence-electron chi connectivity index (χ2n) is 3.54. The first-order chi connectivity index (χ1) is 6.27. The van der Waals surface area contributed by atoms with Crippen molar-refractivity contribution in [3.63, 3.8) is 0 Å². The molecule has 1 N–H and O–H groups in total. The Labute approximate surface area is 86.1 Å². The number of halogens is 1. The van der Waals surface area contributed by atoms with Crippen molar-refractivity contribution in [1.29, 1.82) is 0 Å². The van der Waals surface area contributed by atoms with E-state index in [4.69, 9.17) is 0 Å². The molecule has 1 aromatic rings. The quantitative estimate of drug-likeness (QED) is 0.880. The Kier molecular flexibility index (Phi) is 2.65. The number of aromatic nitrogens is 1. The average molecular weight is 242 g/mol. The second kappa shape index (κ2) is 3.76. The molecule has 1 unspecified atom stereocenters. The highest BCUT2D eigenvalue weighted by Gasteiger charge is 2.30. The predicted molar refractivity (Wildman–Crippen MR) is 54.4 cm³/mol. The minimum Gasteiger partial charge on any atom is -0.392 e. The van der Waals surface area contributed by atoms with E-state index in [0.29, 0.717) is 12.3 Å². The molecule has 1 aliphatic rings. The number of pyridine rings is 1. The third-order valence-electron chi connectivity index (χ3n) is 2.40. The molecule has 0 aromatic carbocycles. The maximum atomic E-state index is 9.71. The van der Waals surface area contributed by atoms with E-state index in [2.05, 4.69) is 20.9 Å². The molecule has 1 heterocycles. The summed E-state index contributed by atoms with van der Waals surface area (Å²) in [7, 11) is 0. The van der Waals surface area contributed by atoms with Gasteiger partial charge in [0.25, 0.3) is 0 Å². The normalized spacial score (nSPS) is 18.6. The second-order valence-corrected chi connectivity index (χ2v) is 4.40. The Balaban J connectivity index is 2.03. The van der Waals surface area contributed by atoms with Gasteiger partial charge in [-0.25, -0.2) is 0 Å². The van der Waals surface area contributed by atoms with Crippen molar-refractivity contribution >= 4 is 15.9 Å². The Morgan fingerprint density at radius 2 is 2.38 bits per heavy atom. The van der Waals surface area contributed by atoms with Crippen LogP contribution in [0, 0.1) is 5.92 Å². The van der Waals surface area contributed by atoms with E-state index in [-0.39, 0.29) is 6.10 Å².